The highest BCUT2D eigenvalue weighted by Gasteiger charge is 2.20. The molecule has 0 aliphatic rings. The molecule has 4 N–H and O–H groups in total. The summed E-state index contributed by atoms with van der Waals surface area (Å²) in [6, 6.07) is -0.812. The third kappa shape index (κ3) is 8.46. The molecule has 20 heavy (non-hydrogen) atoms. The number of ketones is 2. The lowest BCUT2D eigenvalue weighted by Gasteiger charge is -2.17. The summed E-state index contributed by atoms with van der Waals surface area (Å²) in [7, 11) is 0. The van der Waals surface area contributed by atoms with Crippen molar-refractivity contribution in [2.75, 3.05) is 19.6 Å². The predicted molar refractivity (Wildman–Crippen MR) is 69.3 cm³/mol. The topological polar surface area (TPSA) is 133 Å². The van der Waals surface area contributed by atoms with Crippen LogP contribution < -0.4 is 10.6 Å². The molecule has 0 heterocycles. The van der Waals surface area contributed by atoms with Gasteiger partial charge in [-0.05, 0) is 13.3 Å². The van der Waals surface area contributed by atoms with Crippen LogP contribution in [0.15, 0.2) is 0 Å². The van der Waals surface area contributed by atoms with Crippen molar-refractivity contribution in [1.29, 1.82) is 0 Å². The molecule has 114 valence electrons. The predicted octanol–water partition coefficient (Wildman–Crippen LogP) is -1.88. The van der Waals surface area contributed by atoms with Gasteiger partial charge in [-0.25, -0.2) is 0 Å². The van der Waals surface area contributed by atoms with Crippen LogP contribution in [0.25, 0.3) is 0 Å². The van der Waals surface area contributed by atoms with Crippen molar-refractivity contribution in [2.45, 2.75) is 31.9 Å². The van der Waals surface area contributed by atoms with E-state index in [0.29, 0.717) is 6.29 Å². The smallest absolute Gasteiger partial charge is 0.303 e. The molecule has 8 heteroatoms. The van der Waals surface area contributed by atoms with E-state index < -0.39 is 23.9 Å². The number of hydrogen-bond donors (Lipinski definition) is 4. The molecule has 0 spiro atoms. The van der Waals surface area contributed by atoms with Gasteiger partial charge in [0.15, 0.2) is 11.6 Å². The number of aliphatic carboxylic acids is 1. The van der Waals surface area contributed by atoms with Crippen LogP contribution in [0.5, 0.6) is 0 Å². The molecule has 0 aliphatic heterocycles. The summed E-state index contributed by atoms with van der Waals surface area (Å²) in [5.41, 5.74) is 0. The van der Waals surface area contributed by atoms with Gasteiger partial charge in [0, 0.05) is 6.42 Å². The molecule has 0 aliphatic carbocycles. The van der Waals surface area contributed by atoms with Gasteiger partial charge in [0.25, 0.3) is 0 Å². The third-order valence-corrected chi connectivity index (χ3v) is 2.55. The Morgan fingerprint density at radius 2 is 1.85 bits per heavy atom. The van der Waals surface area contributed by atoms with Crippen LogP contribution in [0.1, 0.15) is 19.8 Å². The molecule has 0 saturated heterocycles. The van der Waals surface area contributed by atoms with Gasteiger partial charge in [-0.3, -0.25) is 14.4 Å². The first-order chi connectivity index (χ1) is 9.38. The van der Waals surface area contributed by atoms with E-state index in [1.54, 1.807) is 0 Å². The van der Waals surface area contributed by atoms with Gasteiger partial charge >= 0.3 is 5.97 Å². The minimum atomic E-state index is -1.15. The number of carboxylic acids is 1. The van der Waals surface area contributed by atoms with Crippen LogP contribution in [0.3, 0.4) is 0 Å². The van der Waals surface area contributed by atoms with Crippen molar-refractivity contribution in [3.63, 3.8) is 0 Å². The molecule has 0 aromatic carbocycles. The van der Waals surface area contributed by atoms with Crippen LogP contribution >= 0.6 is 0 Å². The largest absolute Gasteiger partial charge is 0.481 e. The Morgan fingerprint density at radius 3 is 2.35 bits per heavy atom. The fraction of sp³-hybridized carbons (Fsp3) is 0.667. The number of hydrogen-bond acceptors (Lipinski definition) is 7. The second-order valence-electron chi connectivity index (χ2n) is 4.27. The SMILES string of the molecule is CC(O)C(=O)CN[C@@H](CCC(=O)O)C(=O)CNCC=O. The molecule has 0 aromatic rings. The lowest BCUT2D eigenvalue weighted by Crippen LogP contribution is -2.45. The van der Waals surface area contributed by atoms with Crippen molar-refractivity contribution in [1.82, 2.24) is 10.6 Å². The minimum Gasteiger partial charge on any atom is -0.481 e. The molecule has 2 atom stereocenters. The number of nitrogens with one attached hydrogen (secondary N) is 2. The van der Waals surface area contributed by atoms with Gasteiger partial charge in [-0.2, -0.15) is 0 Å². The molecule has 0 radical (unpaired) electrons. The second-order valence-corrected chi connectivity index (χ2v) is 4.27. The quantitative estimate of drug-likeness (QED) is 0.242. The Kier molecular flexibility index (Phi) is 9.35. The highest BCUT2D eigenvalue weighted by Crippen LogP contribution is 1.99. The van der Waals surface area contributed by atoms with Crippen molar-refractivity contribution >= 4 is 23.8 Å². The number of aliphatic hydroxyl groups excluding tert-OH is 1. The lowest BCUT2D eigenvalue weighted by atomic mass is 10.1. The van der Waals surface area contributed by atoms with Crippen molar-refractivity contribution in [2.24, 2.45) is 0 Å². The minimum absolute atomic E-state index is 0.0179. The molecule has 0 fully saturated rings. The zero-order valence-corrected chi connectivity index (χ0v) is 11.3. The van der Waals surface area contributed by atoms with Crippen LogP contribution in [0, 0.1) is 0 Å². The van der Waals surface area contributed by atoms with E-state index in [4.69, 9.17) is 10.2 Å². The second kappa shape index (κ2) is 10.2. The fourth-order valence-corrected chi connectivity index (χ4v) is 1.39. The number of Topliss-reactive ketones (excluding diaryl/α,β-unsaturated/α-hetero) is 2. The summed E-state index contributed by atoms with van der Waals surface area (Å²) in [4.78, 5) is 43.7. The highest BCUT2D eigenvalue weighted by atomic mass is 16.4. The first-order valence-corrected chi connectivity index (χ1v) is 6.21. The van der Waals surface area contributed by atoms with E-state index in [2.05, 4.69) is 10.6 Å². The Labute approximate surface area is 116 Å². The Hall–Kier alpha value is -1.64. The number of rotatable bonds is 12. The van der Waals surface area contributed by atoms with E-state index >= 15 is 0 Å². The molecule has 0 bridgehead atoms. The summed E-state index contributed by atoms with van der Waals surface area (Å²) in [6.07, 6.45) is -0.737. The Morgan fingerprint density at radius 1 is 1.20 bits per heavy atom. The number of carbonyl (C=O) groups is 4. The van der Waals surface area contributed by atoms with E-state index in [0.717, 1.165) is 0 Å². The number of carboxylic acid groups (broad SMARTS) is 1. The zero-order chi connectivity index (χ0) is 15.5. The van der Waals surface area contributed by atoms with E-state index in [1.807, 2.05) is 0 Å². The van der Waals surface area contributed by atoms with Crippen LogP contribution in [-0.4, -0.2) is 65.8 Å². The summed E-state index contributed by atoms with van der Waals surface area (Å²) in [6.45, 7) is 1.01. The Bertz CT molecular complexity index is 356. The molecule has 0 saturated carbocycles. The number of carbonyl (C=O) groups excluding carboxylic acids is 3. The molecule has 0 rings (SSSR count). The number of aldehydes is 1. The zero-order valence-electron chi connectivity index (χ0n) is 11.3. The Balaban J connectivity index is 4.38. The summed E-state index contributed by atoms with van der Waals surface area (Å²) in [5, 5.41) is 22.9. The van der Waals surface area contributed by atoms with Crippen molar-refractivity contribution < 1.29 is 29.4 Å². The molecular weight excluding hydrogens is 268 g/mol. The van der Waals surface area contributed by atoms with E-state index in [1.165, 1.54) is 6.92 Å². The molecule has 1 unspecified atom stereocenters. The van der Waals surface area contributed by atoms with Gasteiger partial charge in [0.2, 0.25) is 0 Å². The van der Waals surface area contributed by atoms with Crippen LogP contribution in [0.2, 0.25) is 0 Å². The van der Waals surface area contributed by atoms with E-state index in [9.17, 15) is 19.2 Å². The average Bonchev–Trinajstić information content (AvgIpc) is 2.38. The molecule has 0 aromatic heterocycles. The monoisotopic (exact) mass is 288 g/mol. The highest BCUT2D eigenvalue weighted by molar-refractivity contribution is 5.88. The van der Waals surface area contributed by atoms with Gasteiger partial charge in [0.05, 0.1) is 25.7 Å². The van der Waals surface area contributed by atoms with Gasteiger partial charge < -0.3 is 25.6 Å². The molecule has 8 nitrogen and oxygen atoms in total. The van der Waals surface area contributed by atoms with Gasteiger partial charge in [0.1, 0.15) is 12.4 Å². The normalized spacial score (nSPS) is 13.5. The fourth-order valence-electron chi connectivity index (χ4n) is 1.39. The lowest BCUT2D eigenvalue weighted by molar-refractivity contribution is -0.137. The van der Waals surface area contributed by atoms with Crippen molar-refractivity contribution in [3.8, 4) is 0 Å². The summed E-state index contributed by atoms with van der Waals surface area (Å²) < 4.78 is 0. The molecule has 0 amide bonds. The van der Waals surface area contributed by atoms with E-state index in [-0.39, 0.29) is 38.3 Å². The van der Waals surface area contributed by atoms with Crippen molar-refractivity contribution in [3.05, 3.63) is 0 Å². The molecular formula is C12H20N2O6. The maximum atomic E-state index is 11.8. The first kappa shape index (κ1) is 18.4. The standard InChI is InChI=1S/C12H20N2O6/c1-8(16)10(17)7-14-9(2-3-12(19)20)11(18)6-13-4-5-15/h5,8-9,13-14,16H,2-4,6-7H2,1H3,(H,19,20)/t8?,9-/m0/s1. The maximum Gasteiger partial charge on any atom is 0.303 e. The summed E-state index contributed by atoms with van der Waals surface area (Å²) in [5.74, 6) is -1.88. The van der Waals surface area contributed by atoms with Crippen LogP contribution in [-0.2, 0) is 19.2 Å². The third-order valence-electron chi connectivity index (χ3n) is 2.55. The van der Waals surface area contributed by atoms with Gasteiger partial charge in [-0.15, -0.1) is 0 Å². The summed E-state index contributed by atoms with van der Waals surface area (Å²) >= 11 is 0. The maximum absolute atomic E-state index is 11.8. The van der Waals surface area contributed by atoms with Crippen LogP contribution in [0.4, 0.5) is 0 Å². The van der Waals surface area contributed by atoms with Gasteiger partial charge in [-0.1, -0.05) is 0 Å². The first-order valence-electron chi connectivity index (χ1n) is 6.21. The average molecular weight is 288 g/mol. The number of aliphatic hydroxyl groups is 1.